The highest BCUT2D eigenvalue weighted by Crippen LogP contribution is 2.24. The molecular formula is C14H14FN3OS. The molecule has 0 saturated carbocycles. The smallest absolute Gasteiger partial charge is 0.193 e. The third kappa shape index (κ3) is 2.39. The first-order chi connectivity index (χ1) is 9.67. The molecule has 1 aromatic carbocycles. The lowest BCUT2D eigenvalue weighted by atomic mass is 10.0. The van der Waals surface area contributed by atoms with Crippen molar-refractivity contribution < 1.29 is 9.13 Å². The van der Waals surface area contributed by atoms with E-state index in [1.54, 1.807) is 23.5 Å². The largest absolute Gasteiger partial charge is 0.494 e. The molecule has 6 heteroatoms. The molecule has 1 unspecified atom stereocenters. The van der Waals surface area contributed by atoms with Gasteiger partial charge >= 0.3 is 0 Å². The Morgan fingerprint density at radius 2 is 2.35 bits per heavy atom. The summed E-state index contributed by atoms with van der Waals surface area (Å²) in [4.78, 5) is 5.44. The predicted octanol–water partition coefficient (Wildman–Crippen LogP) is 2.79. The summed E-state index contributed by atoms with van der Waals surface area (Å²) in [6.45, 7) is 0. The maximum atomic E-state index is 13.4. The van der Waals surface area contributed by atoms with E-state index in [-0.39, 0.29) is 17.6 Å². The van der Waals surface area contributed by atoms with Gasteiger partial charge in [0.2, 0.25) is 0 Å². The van der Waals surface area contributed by atoms with Crippen LogP contribution in [0.3, 0.4) is 0 Å². The van der Waals surface area contributed by atoms with Crippen LogP contribution in [0.5, 0.6) is 5.75 Å². The topological polar surface area (TPSA) is 52.5 Å². The van der Waals surface area contributed by atoms with Crippen molar-refractivity contribution in [2.24, 2.45) is 5.73 Å². The summed E-state index contributed by atoms with van der Waals surface area (Å²) >= 11 is 1.58. The fourth-order valence-electron chi connectivity index (χ4n) is 2.12. The molecule has 0 fully saturated rings. The lowest BCUT2D eigenvalue weighted by molar-refractivity contribution is 0.385. The molecule has 3 rings (SSSR count). The van der Waals surface area contributed by atoms with Gasteiger partial charge in [-0.25, -0.2) is 9.37 Å². The van der Waals surface area contributed by atoms with Crippen molar-refractivity contribution in [3.05, 3.63) is 53.0 Å². The Morgan fingerprint density at radius 3 is 3.10 bits per heavy atom. The molecule has 104 valence electrons. The summed E-state index contributed by atoms with van der Waals surface area (Å²) in [6.07, 6.45) is 4.53. The molecule has 3 aromatic rings. The molecule has 0 amide bonds. The number of ether oxygens (including phenoxy) is 1. The van der Waals surface area contributed by atoms with Crippen LogP contribution in [-0.2, 0) is 6.42 Å². The Kier molecular flexibility index (Phi) is 3.42. The Labute approximate surface area is 119 Å². The van der Waals surface area contributed by atoms with Crippen LogP contribution < -0.4 is 10.5 Å². The molecule has 1 atom stereocenters. The minimum atomic E-state index is -0.383. The second-order valence-electron chi connectivity index (χ2n) is 4.53. The first-order valence-electron chi connectivity index (χ1n) is 6.17. The van der Waals surface area contributed by atoms with Crippen molar-refractivity contribution in [3.63, 3.8) is 0 Å². The Balaban J connectivity index is 1.81. The summed E-state index contributed by atoms with van der Waals surface area (Å²) in [7, 11) is 1.44. The number of halogens is 1. The first-order valence-corrected chi connectivity index (χ1v) is 7.05. The van der Waals surface area contributed by atoms with E-state index >= 15 is 0 Å². The zero-order valence-electron chi connectivity index (χ0n) is 10.9. The molecular weight excluding hydrogens is 277 g/mol. The second kappa shape index (κ2) is 5.22. The lowest BCUT2D eigenvalue weighted by Crippen LogP contribution is -2.13. The van der Waals surface area contributed by atoms with Crippen molar-refractivity contribution in [2.75, 3.05) is 7.11 Å². The fourth-order valence-corrected chi connectivity index (χ4v) is 2.84. The molecule has 0 aliphatic rings. The van der Waals surface area contributed by atoms with Gasteiger partial charge in [-0.3, -0.25) is 4.40 Å². The third-order valence-electron chi connectivity index (χ3n) is 3.18. The zero-order valence-corrected chi connectivity index (χ0v) is 11.7. The third-order valence-corrected chi connectivity index (χ3v) is 3.95. The van der Waals surface area contributed by atoms with E-state index in [9.17, 15) is 4.39 Å². The molecule has 2 N–H and O–H groups in total. The minimum absolute atomic E-state index is 0.212. The van der Waals surface area contributed by atoms with Gasteiger partial charge in [0.05, 0.1) is 12.8 Å². The standard InChI is InChI=1S/C14H14FN3OS/c1-19-13-6-9(2-3-11(13)15)12(16)7-10-8-18-4-5-20-14(18)17-10/h2-6,8,12H,7,16H2,1H3. The van der Waals surface area contributed by atoms with Crippen LogP contribution in [0.1, 0.15) is 17.3 Å². The number of thiazole rings is 1. The van der Waals surface area contributed by atoms with Gasteiger partial charge in [0.25, 0.3) is 0 Å². The summed E-state index contributed by atoms with van der Waals surface area (Å²) in [6, 6.07) is 4.45. The first kappa shape index (κ1) is 13.1. The van der Waals surface area contributed by atoms with E-state index in [4.69, 9.17) is 10.5 Å². The Hall–Kier alpha value is -1.92. The van der Waals surface area contributed by atoms with Crippen molar-refractivity contribution in [1.82, 2.24) is 9.38 Å². The SMILES string of the molecule is COc1cc(C(N)Cc2cn3ccsc3n2)ccc1F. The monoisotopic (exact) mass is 291 g/mol. The van der Waals surface area contributed by atoms with Gasteiger partial charge in [0.1, 0.15) is 0 Å². The molecule has 2 heterocycles. The van der Waals surface area contributed by atoms with Gasteiger partial charge in [-0.2, -0.15) is 0 Å². The average molecular weight is 291 g/mol. The number of rotatable bonds is 4. The van der Waals surface area contributed by atoms with Crippen LogP contribution in [0.25, 0.3) is 4.96 Å². The van der Waals surface area contributed by atoms with Gasteiger partial charge in [-0.15, -0.1) is 11.3 Å². The van der Waals surface area contributed by atoms with Crippen molar-refractivity contribution >= 4 is 16.3 Å². The number of fused-ring (bicyclic) bond motifs is 1. The van der Waals surface area contributed by atoms with Crippen molar-refractivity contribution in [3.8, 4) is 5.75 Å². The summed E-state index contributed by atoms with van der Waals surface area (Å²) in [5.41, 5.74) is 7.92. The minimum Gasteiger partial charge on any atom is -0.494 e. The summed E-state index contributed by atoms with van der Waals surface area (Å²) < 4.78 is 20.3. The van der Waals surface area contributed by atoms with E-state index in [2.05, 4.69) is 4.98 Å². The predicted molar refractivity (Wildman–Crippen MR) is 76.7 cm³/mol. The number of imidazole rings is 1. The van der Waals surface area contributed by atoms with Gasteiger partial charge in [0, 0.05) is 30.2 Å². The summed E-state index contributed by atoms with van der Waals surface area (Å²) in [5, 5.41) is 1.98. The fraction of sp³-hybridized carbons (Fsp3) is 0.214. The number of benzene rings is 1. The van der Waals surface area contributed by atoms with E-state index < -0.39 is 0 Å². The molecule has 0 radical (unpaired) electrons. The second-order valence-corrected chi connectivity index (χ2v) is 5.40. The number of nitrogens with two attached hydrogens (primary N) is 1. The number of hydrogen-bond donors (Lipinski definition) is 1. The maximum Gasteiger partial charge on any atom is 0.193 e. The van der Waals surface area contributed by atoms with Crippen molar-refractivity contribution in [2.45, 2.75) is 12.5 Å². The quantitative estimate of drug-likeness (QED) is 0.804. The lowest BCUT2D eigenvalue weighted by Gasteiger charge is -2.12. The number of hydrogen-bond acceptors (Lipinski definition) is 4. The maximum absolute atomic E-state index is 13.4. The highest BCUT2D eigenvalue weighted by atomic mass is 32.1. The van der Waals surface area contributed by atoms with Crippen LogP contribution in [0.4, 0.5) is 4.39 Å². The highest BCUT2D eigenvalue weighted by Gasteiger charge is 2.13. The molecule has 20 heavy (non-hydrogen) atoms. The number of methoxy groups -OCH3 is 1. The van der Waals surface area contributed by atoms with Crippen LogP contribution in [0.15, 0.2) is 36.0 Å². The van der Waals surface area contributed by atoms with Gasteiger partial charge < -0.3 is 10.5 Å². The molecule has 0 saturated heterocycles. The van der Waals surface area contributed by atoms with E-state index in [0.717, 1.165) is 16.2 Å². The molecule has 0 bridgehead atoms. The number of aromatic nitrogens is 2. The molecule has 0 aliphatic carbocycles. The van der Waals surface area contributed by atoms with E-state index in [0.29, 0.717) is 6.42 Å². The molecule has 4 nitrogen and oxygen atoms in total. The van der Waals surface area contributed by atoms with Crippen LogP contribution in [0.2, 0.25) is 0 Å². The van der Waals surface area contributed by atoms with Crippen LogP contribution in [-0.4, -0.2) is 16.5 Å². The Bertz CT molecular complexity index is 708. The molecule has 0 spiro atoms. The van der Waals surface area contributed by atoms with Crippen LogP contribution >= 0.6 is 11.3 Å². The zero-order chi connectivity index (χ0) is 14.1. The number of nitrogens with zero attached hydrogens (tertiary/aromatic N) is 2. The van der Waals surface area contributed by atoms with Crippen molar-refractivity contribution in [1.29, 1.82) is 0 Å². The normalized spacial score (nSPS) is 12.8. The highest BCUT2D eigenvalue weighted by molar-refractivity contribution is 7.15. The average Bonchev–Trinajstić information content (AvgIpc) is 3.00. The molecule has 2 aromatic heterocycles. The van der Waals surface area contributed by atoms with Gasteiger partial charge in [-0.1, -0.05) is 6.07 Å². The molecule has 0 aliphatic heterocycles. The van der Waals surface area contributed by atoms with E-state index in [1.165, 1.54) is 13.2 Å². The van der Waals surface area contributed by atoms with Gasteiger partial charge in [-0.05, 0) is 17.7 Å². The summed E-state index contributed by atoms with van der Waals surface area (Å²) in [5.74, 6) is -0.172. The van der Waals surface area contributed by atoms with E-state index in [1.807, 2.05) is 22.2 Å². The van der Waals surface area contributed by atoms with Gasteiger partial charge in [0.15, 0.2) is 16.5 Å². The van der Waals surface area contributed by atoms with Crippen LogP contribution in [0, 0.1) is 5.82 Å². The Morgan fingerprint density at radius 1 is 1.50 bits per heavy atom.